The average molecular weight is 247 g/mol. The maximum Gasteiger partial charge on any atom is 0.360 e. The first-order valence-corrected chi connectivity index (χ1v) is 5.46. The van der Waals surface area contributed by atoms with E-state index in [0.29, 0.717) is 15.0 Å². The maximum absolute atomic E-state index is 10.8. The highest BCUT2D eigenvalue weighted by Gasteiger charge is 2.19. The molecule has 0 atom stereocenters. The minimum absolute atomic E-state index is 0.356. The van der Waals surface area contributed by atoms with Crippen molar-refractivity contribution in [2.24, 2.45) is 0 Å². The Labute approximate surface area is 98.2 Å². The number of aromatic hydroxyl groups is 1. The number of carbonyl (C=O) groups is 1. The van der Waals surface area contributed by atoms with Crippen LogP contribution in [0, 0.1) is 0 Å². The summed E-state index contributed by atoms with van der Waals surface area (Å²) in [4.78, 5) is 15.6. The molecule has 84 valence electrons. The molecule has 0 saturated carbocycles. The molecule has 0 aliphatic rings. The van der Waals surface area contributed by atoms with Crippen LogP contribution < -0.4 is 0 Å². The Morgan fingerprint density at radius 3 is 2.94 bits per heavy atom. The molecule has 0 saturated heterocycles. The number of pyridine rings is 1. The maximum atomic E-state index is 10.8. The van der Waals surface area contributed by atoms with Crippen molar-refractivity contribution in [2.75, 3.05) is 0 Å². The molecule has 3 heterocycles. The predicted molar refractivity (Wildman–Crippen MR) is 61.3 cm³/mol. The monoisotopic (exact) mass is 247 g/mol. The molecule has 3 aromatic rings. The number of fused-ring (bicyclic) bond motifs is 3. The van der Waals surface area contributed by atoms with E-state index in [-0.39, 0.29) is 5.75 Å². The van der Waals surface area contributed by atoms with Gasteiger partial charge in [-0.25, -0.2) is 9.78 Å². The lowest BCUT2D eigenvalue weighted by Gasteiger charge is -1.97. The van der Waals surface area contributed by atoms with Crippen LogP contribution in [-0.2, 0) is 0 Å². The van der Waals surface area contributed by atoms with Gasteiger partial charge >= 0.3 is 5.97 Å². The highest BCUT2D eigenvalue weighted by molar-refractivity contribution is 7.25. The van der Waals surface area contributed by atoms with Gasteiger partial charge in [-0.05, 0) is 12.1 Å². The molecule has 7 heteroatoms. The molecule has 0 radical (unpaired) electrons. The summed E-state index contributed by atoms with van der Waals surface area (Å²) in [6, 6.07) is 3.55. The Hall–Kier alpha value is -2.28. The van der Waals surface area contributed by atoms with Crippen molar-refractivity contribution in [1.82, 2.24) is 15.2 Å². The molecule has 0 unspecified atom stereocenters. The smallest absolute Gasteiger partial charge is 0.360 e. The summed E-state index contributed by atoms with van der Waals surface area (Å²) in [6.45, 7) is 0. The fourth-order valence-corrected chi connectivity index (χ4v) is 2.60. The normalized spacial score (nSPS) is 11.1. The SMILES string of the molecule is O=C(O)c1nnc2c(sc3ncccc32)c1O. The standard InChI is InChI=1S/C10H5N3O3S/c14-7-6(10(15)16)13-12-5-4-2-1-3-11-9(4)17-8(5)7/h1-3H,(H,12,14)(H,15,16). The zero-order chi connectivity index (χ0) is 12.0. The molecule has 3 rings (SSSR count). The summed E-state index contributed by atoms with van der Waals surface area (Å²) in [5.74, 6) is -1.66. The van der Waals surface area contributed by atoms with Crippen molar-refractivity contribution in [1.29, 1.82) is 0 Å². The second kappa shape index (κ2) is 3.36. The molecule has 0 bridgehead atoms. The van der Waals surface area contributed by atoms with Crippen molar-refractivity contribution in [3.8, 4) is 5.75 Å². The molecule has 0 aliphatic carbocycles. The van der Waals surface area contributed by atoms with Gasteiger partial charge in [-0.1, -0.05) is 0 Å². The van der Waals surface area contributed by atoms with Gasteiger partial charge in [0.25, 0.3) is 0 Å². The number of aromatic carboxylic acids is 1. The van der Waals surface area contributed by atoms with Crippen molar-refractivity contribution in [3.05, 3.63) is 24.0 Å². The lowest BCUT2D eigenvalue weighted by atomic mass is 10.2. The van der Waals surface area contributed by atoms with E-state index in [0.717, 1.165) is 5.39 Å². The fraction of sp³-hybridized carbons (Fsp3) is 0. The Morgan fingerprint density at radius 2 is 2.18 bits per heavy atom. The summed E-state index contributed by atoms with van der Waals surface area (Å²) in [6.07, 6.45) is 1.63. The Morgan fingerprint density at radius 1 is 1.35 bits per heavy atom. The number of nitrogens with zero attached hydrogens (tertiary/aromatic N) is 3. The Kier molecular flexibility index (Phi) is 1.96. The van der Waals surface area contributed by atoms with Crippen molar-refractivity contribution in [3.63, 3.8) is 0 Å². The third-order valence-electron chi connectivity index (χ3n) is 2.33. The molecule has 0 fully saturated rings. The highest BCUT2D eigenvalue weighted by atomic mass is 32.1. The van der Waals surface area contributed by atoms with Gasteiger partial charge in [0.2, 0.25) is 5.69 Å². The first kappa shape index (κ1) is 9.91. The van der Waals surface area contributed by atoms with Crippen LogP contribution in [0.2, 0.25) is 0 Å². The van der Waals surface area contributed by atoms with Crippen LogP contribution in [-0.4, -0.2) is 31.4 Å². The fourth-order valence-electron chi connectivity index (χ4n) is 1.58. The summed E-state index contributed by atoms with van der Waals surface area (Å²) in [5, 5.41) is 26.7. The van der Waals surface area contributed by atoms with Crippen molar-refractivity contribution >= 4 is 37.7 Å². The third-order valence-corrected chi connectivity index (χ3v) is 3.44. The number of rotatable bonds is 1. The van der Waals surface area contributed by atoms with Crippen LogP contribution in [0.15, 0.2) is 18.3 Å². The van der Waals surface area contributed by atoms with Crippen LogP contribution in [0.1, 0.15) is 10.5 Å². The van der Waals surface area contributed by atoms with Gasteiger partial charge in [0, 0.05) is 11.6 Å². The molecule has 0 spiro atoms. The summed E-state index contributed by atoms with van der Waals surface area (Å²) < 4.78 is 0.395. The molecule has 17 heavy (non-hydrogen) atoms. The number of carboxylic acids is 1. The Bertz CT molecular complexity index is 753. The van der Waals surface area contributed by atoms with Crippen LogP contribution in [0.25, 0.3) is 20.4 Å². The zero-order valence-corrected chi connectivity index (χ0v) is 9.10. The van der Waals surface area contributed by atoms with Crippen LogP contribution in [0.3, 0.4) is 0 Å². The number of hydrogen-bond donors (Lipinski definition) is 2. The molecule has 2 N–H and O–H groups in total. The predicted octanol–water partition coefficient (Wildman–Crippen LogP) is 1.64. The van der Waals surface area contributed by atoms with E-state index in [9.17, 15) is 9.90 Å². The van der Waals surface area contributed by atoms with E-state index >= 15 is 0 Å². The van der Waals surface area contributed by atoms with Gasteiger partial charge in [-0.2, -0.15) is 0 Å². The van der Waals surface area contributed by atoms with E-state index in [2.05, 4.69) is 15.2 Å². The number of aromatic nitrogens is 3. The molecular formula is C10H5N3O3S. The zero-order valence-electron chi connectivity index (χ0n) is 8.28. The van der Waals surface area contributed by atoms with Gasteiger partial charge in [0.05, 0.1) is 0 Å². The molecule has 6 nitrogen and oxygen atoms in total. The Balaban J connectivity index is 2.48. The van der Waals surface area contributed by atoms with Gasteiger partial charge < -0.3 is 10.2 Å². The van der Waals surface area contributed by atoms with Gasteiger partial charge in [-0.15, -0.1) is 21.5 Å². The summed E-state index contributed by atoms with van der Waals surface area (Å²) >= 11 is 1.19. The van der Waals surface area contributed by atoms with Crippen LogP contribution >= 0.6 is 11.3 Å². The minimum Gasteiger partial charge on any atom is -0.504 e. The van der Waals surface area contributed by atoms with Crippen LogP contribution in [0.4, 0.5) is 0 Å². The second-order valence-electron chi connectivity index (χ2n) is 3.34. The van der Waals surface area contributed by atoms with Crippen LogP contribution in [0.5, 0.6) is 5.75 Å². The van der Waals surface area contributed by atoms with E-state index in [1.165, 1.54) is 11.3 Å². The minimum atomic E-state index is -1.30. The van der Waals surface area contributed by atoms with E-state index in [4.69, 9.17) is 5.11 Å². The number of carboxylic acid groups (broad SMARTS) is 1. The largest absolute Gasteiger partial charge is 0.504 e. The van der Waals surface area contributed by atoms with E-state index < -0.39 is 11.7 Å². The van der Waals surface area contributed by atoms with E-state index in [1.54, 1.807) is 18.3 Å². The quantitative estimate of drug-likeness (QED) is 0.678. The van der Waals surface area contributed by atoms with Gasteiger partial charge in [0.15, 0.2) is 5.75 Å². The molecule has 0 aliphatic heterocycles. The van der Waals surface area contributed by atoms with Gasteiger partial charge in [-0.3, -0.25) is 0 Å². The first-order valence-electron chi connectivity index (χ1n) is 4.64. The molecule has 3 aromatic heterocycles. The third kappa shape index (κ3) is 1.32. The van der Waals surface area contributed by atoms with Gasteiger partial charge in [0.1, 0.15) is 15.0 Å². The second-order valence-corrected chi connectivity index (χ2v) is 4.34. The topological polar surface area (TPSA) is 96.2 Å². The molecule has 0 amide bonds. The van der Waals surface area contributed by atoms with Crippen molar-refractivity contribution < 1.29 is 15.0 Å². The first-order chi connectivity index (χ1) is 8.18. The average Bonchev–Trinajstić information content (AvgIpc) is 2.69. The van der Waals surface area contributed by atoms with E-state index in [1.807, 2.05) is 0 Å². The summed E-state index contributed by atoms with van der Waals surface area (Å²) in [7, 11) is 0. The lowest BCUT2D eigenvalue weighted by Crippen LogP contribution is -2.02. The molecular weight excluding hydrogens is 242 g/mol. The molecule has 0 aromatic carbocycles. The highest BCUT2D eigenvalue weighted by Crippen LogP contribution is 2.37. The van der Waals surface area contributed by atoms with Crippen molar-refractivity contribution in [2.45, 2.75) is 0 Å². The number of hydrogen-bond acceptors (Lipinski definition) is 6. The summed E-state index contributed by atoms with van der Waals surface area (Å²) in [5.41, 5.74) is 0.0321. The lowest BCUT2D eigenvalue weighted by molar-refractivity contribution is 0.0686. The number of thiophene rings is 1.